The van der Waals surface area contributed by atoms with Gasteiger partial charge in [-0.25, -0.2) is 0 Å². The number of carbonyl (C=O) groups excluding carboxylic acids is 2. The van der Waals surface area contributed by atoms with Crippen molar-refractivity contribution in [3.05, 3.63) is 16.0 Å². The molecule has 1 saturated carbocycles. The van der Waals surface area contributed by atoms with Crippen molar-refractivity contribution >= 4 is 28.2 Å². The molecule has 0 bridgehead atoms. The molecule has 2 amide bonds. The summed E-state index contributed by atoms with van der Waals surface area (Å²) in [6, 6.07) is 0. The zero-order valence-electron chi connectivity index (χ0n) is 14.7. The van der Waals surface area contributed by atoms with Crippen LogP contribution in [0.4, 0.5) is 5.00 Å². The predicted octanol–water partition coefficient (Wildman–Crippen LogP) is 2.79. The number of nitrogens with zero attached hydrogens (tertiary/aromatic N) is 1. The van der Waals surface area contributed by atoms with Gasteiger partial charge in [-0.2, -0.15) is 0 Å². The van der Waals surface area contributed by atoms with Gasteiger partial charge in [0.1, 0.15) is 5.00 Å². The minimum Gasteiger partial charge on any atom is -0.365 e. The number of hydrogen-bond donors (Lipinski definition) is 2. The van der Waals surface area contributed by atoms with Gasteiger partial charge in [-0.3, -0.25) is 14.5 Å². The van der Waals surface area contributed by atoms with Gasteiger partial charge in [-0.1, -0.05) is 19.3 Å². The lowest BCUT2D eigenvalue weighted by Gasteiger charge is -2.41. The molecule has 5 nitrogen and oxygen atoms in total. The highest BCUT2D eigenvalue weighted by Crippen LogP contribution is 2.39. The van der Waals surface area contributed by atoms with Crippen LogP contribution in [0.3, 0.4) is 0 Å². The lowest BCUT2D eigenvalue weighted by molar-refractivity contribution is -0.118. The molecule has 1 aliphatic heterocycles. The fraction of sp³-hybridized carbons (Fsp3) is 0.684. The van der Waals surface area contributed by atoms with Gasteiger partial charge in [0.2, 0.25) is 5.91 Å². The van der Waals surface area contributed by atoms with Crippen LogP contribution in [0.15, 0.2) is 0 Å². The first-order valence-electron chi connectivity index (χ1n) is 9.58. The first-order chi connectivity index (χ1) is 12.1. The molecule has 2 fully saturated rings. The van der Waals surface area contributed by atoms with Crippen molar-refractivity contribution in [2.75, 3.05) is 25.0 Å². The third kappa shape index (κ3) is 3.47. The number of amides is 2. The summed E-state index contributed by atoms with van der Waals surface area (Å²) in [6.45, 7) is 2.48. The number of nitrogens with one attached hydrogen (secondary N) is 1. The molecule has 0 radical (unpaired) electrons. The average Bonchev–Trinajstić information content (AvgIpc) is 3.14. The number of carbonyl (C=O) groups is 2. The molecular formula is C19H27N3O2S. The van der Waals surface area contributed by atoms with Crippen LogP contribution in [0.2, 0.25) is 0 Å². The zero-order chi connectivity index (χ0) is 17.4. The number of fused-ring (bicyclic) bond motifs is 2. The molecule has 3 N–H and O–H groups in total. The largest absolute Gasteiger partial charge is 0.365 e. The van der Waals surface area contributed by atoms with Gasteiger partial charge >= 0.3 is 0 Å². The Bertz CT molecular complexity index is 684. The normalized spacial score (nSPS) is 26.1. The second kappa shape index (κ2) is 7.08. The second-order valence-electron chi connectivity index (χ2n) is 7.80. The molecule has 0 aromatic carbocycles. The van der Waals surface area contributed by atoms with E-state index >= 15 is 0 Å². The second-order valence-corrected chi connectivity index (χ2v) is 8.91. The van der Waals surface area contributed by atoms with E-state index in [4.69, 9.17) is 5.73 Å². The van der Waals surface area contributed by atoms with Crippen molar-refractivity contribution < 1.29 is 9.59 Å². The maximum absolute atomic E-state index is 12.5. The summed E-state index contributed by atoms with van der Waals surface area (Å²) in [6.07, 6.45) is 9.58. The Morgan fingerprint density at radius 1 is 1.12 bits per heavy atom. The number of hydrogen-bond acceptors (Lipinski definition) is 4. The summed E-state index contributed by atoms with van der Waals surface area (Å²) >= 11 is 1.53. The van der Waals surface area contributed by atoms with Crippen LogP contribution < -0.4 is 11.1 Å². The van der Waals surface area contributed by atoms with Gasteiger partial charge < -0.3 is 11.1 Å². The molecule has 2 atom stereocenters. The lowest BCUT2D eigenvalue weighted by Crippen LogP contribution is -2.44. The molecule has 1 aromatic rings. The highest BCUT2D eigenvalue weighted by Gasteiger charge is 2.32. The Morgan fingerprint density at radius 3 is 2.72 bits per heavy atom. The number of primary amides is 1. The average molecular weight is 362 g/mol. The Morgan fingerprint density at radius 2 is 1.92 bits per heavy atom. The standard InChI is InChI=1S/C19H27N3O2S/c20-18(24)17-14-6-3-7-15(14)25-19(17)21-16(23)11-22-9-8-12-4-1-2-5-13(12)10-22/h12-13H,1-11H2,(H2,20,24)(H,21,23)/t12-,13-/m0/s1. The van der Waals surface area contributed by atoms with Crippen LogP contribution in [0.5, 0.6) is 0 Å². The van der Waals surface area contributed by atoms with E-state index in [1.54, 1.807) is 0 Å². The van der Waals surface area contributed by atoms with Crippen LogP contribution in [-0.4, -0.2) is 36.3 Å². The smallest absolute Gasteiger partial charge is 0.251 e. The summed E-state index contributed by atoms with van der Waals surface area (Å²) in [5, 5.41) is 3.64. The van der Waals surface area contributed by atoms with E-state index in [0.717, 1.165) is 49.8 Å². The predicted molar refractivity (Wildman–Crippen MR) is 100.0 cm³/mol. The SMILES string of the molecule is NC(=O)c1c(NC(=O)CN2CC[C@@H]3CCCC[C@H]3C2)sc2c1CCC2. The van der Waals surface area contributed by atoms with Crippen LogP contribution >= 0.6 is 11.3 Å². The maximum Gasteiger partial charge on any atom is 0.251 e. The van der Waals surface area contributed by atoms with Crippen LogP contribution in [-0.2, 0) is 17.6 Å². The van der Waals surface area contributed by atoms with E-state index in [9.17, 15) is 9.59 Å². The zero-order valence-corrected chi connectivity index (χ0v) is 15.5. The monoisotopic (exact) mass is 361 g/mol. The molecular weight excluding hydrogens is 334 g/mol. The van der Waals surface area contributed by atoms with E-state index in [1.165, 1.54) is 48.3 Å². The van der Waals surface area contributed by atoms with Crippen molar-refractivity contribution in [1.29, 1.82) is 0 Å². The molecule has 2 heterocycles. The molecule has 2 aliphatic carbocycles. The van der Waals surface area contributed by atoms with Gasteiger partial charge in [0.15, 0.2) is 0 Å². The number of anilines is 1. The summed E-state index contributed by atoms with van der Waals surface area (Å²) < 4.78 is 0. The molecule has 1 saturated heterocycles. The molecule has 25 heavy (non-hydrogen) atoms. The summed E-state index contributed by atoms with van der Waals surface area (Å²) in [5.74, 6) is 1.20. The molecule has 4 rings (SSSR count). The molecule has 1 aromatic heterocycles. The number of piperidine rings is 1. The third-order valence-electron chi connectivity index (χ3n) is 6.16. The summed E-state index contributed by atoms with van der Waals surface area (Å²) in [7, 11) is 0. The molecule has 6 heteroatoms. The molecule has 0 spiro atoms. The Labute approximate surface area is 153 Å². The number of aryl methyl sites for hydroxylation is 1. The fourth-order valence-corrected chi connectivity index (χ4v) is 6.25. The topological polar surface area (TPSA) is 75.4 Å². The van der Waals surface area contributed by atoms with Crippen LogP contribution in [0, 0.1) is 11.8 Å². The lowest BCUT2D eigenvalue weighted by atomic mass is 9.75. The van der Waals surface area contributed by atoms with Gasteiger partial charge in [0, 0.05) is 11.4 Å². The first kappa shape index (κ1) is 17.0. The minimum absolute atomic E-state index is 0.0170. The van der Waals surface area contributed by atoms with E-state index in [-0.39, 0.29) is 5.91 Å². The fourth-order valence-electron chi connectivity index (χ4n) is 4.94. The van der Waals surface area contributed by atoms with Gasteiger partial charge in [-0.15, -0.1) is 11.3 Å². The number of rotatable bonds is 4. The van der Waals surface area contributed by atoms with Crippen LogP contribution in [0.1, 0.15) is 59.3 Å². The first-order valence-corrected chi connectivity index (χ1v) is 10.4. The Kier molecular flexibility index (Phi) is 4.82. The van der Waals surface area contributed by atoms with Gasteiger partial charge in [-0.05, 0) is 56.0 Å². The van der Waals surface area contributed by atoms with E-state index in [2.05, 4.69) is 10.2 Å². The summed E-state index contributed by atoms with van der Waals surface area (Å²) in [4.78, 5) is 27.9. The van der Waals surface area contributed by atoms with Crippen molar-refractivity contribution in [3.8, 4) is 0 Å². The Hall–Kier alpha value is -1.40. The number of likely N-dealkylation sites (tertiary alicyclic amines) is 1. The van der Waals surface area contributed by atoms with Crippen molar-refractivity contribution in [2.45, 2.75) is 51.4 Å². The van der Waals surface area contributed by atoms with Gasteiger partial charge in [0.05, 0.1) is 12.1 Å². The van der Waals surface area contributed by atoms with E-state index in [0.29, 0.717) is 17.1 Å². The number of nitrogens with two attached hydrogens (primary N) is 1. The van der Waals surface area contributed by atoms with Crippen molar-refractivity contribution in [3.63, 3.8) is 0 Å². The van der Waals surface area contributed by atoms with Gasteiger partial charge in [0.25, 0.3) is 5.91 Å². The Balaban J connectivity index is 1.39. The van der Waals surface area contributed by atoms with Crippen LogP contribution in [0.25, 0.3) is 0 Å². The van der Waals surface area contributed by atoms with E-state index < -0.39 is 5.91 Å². The highest BCUT2D eigenvalue weighted by molar-refractivity contribution is 7.17. The molecule has 0 unspecified atom stereocenters. The van der Waals surface area contributed by atoms with Crippen molar-refractivity contribution in [1.82, 2.24) is 4.90 Å². The number of thiophene rings is 1. The molecule has 3 aliphatic rings. The third-order valence-corrected chi connectivity index (χ3v) is 7.37. The summed E-state index contributed by atoms with van der Waals surface area (Å²) in [5.41, 5.74) is 7.19. The minimum atomic E-state index is -0.419. The molecule has 136 valence electrons. The van der Waals surface area contributed by atoms with E-state index in [1.807, 2.05) is 0 Å². The highest BCUT2D eigenvalue weighted by atomic mass is 32.1. The maximum atomic E-state index is 12.5. The van der Waals surface area contributed by atoms with Crippen molar-refractivity contribution in [2.24, 2.45) is 17.6 Å². The quantitative estimate of drug-likeness (QED) is 0.866.